The summed E-state index contributed by atoms with van der Waals surface area (Å²) in [6.45, 7) is 3.06. The average Bonchev–Trinajstić information content (AvgIpc) is 3.28. The van der Waals surface area contributed by atoms with Crippen molar-refractivity contribution in [2.45, 2.75) is 38.8 Å². The fourth-order valence-corrected chi connectivity index (χ4v) is 4.19. The normalized spacial score (nSPS) is 15.7. The van der Waals surface area contributed by atoms with Crippen LogP contribution in [0.1, 0.15) is 36.6 Å². The molecule has 4 rings (SSSR count). The van der Waals surface area contributed by atoms with Gasteiger partial charge in [0.05, 0.1) is 11.7 Å². The largest absolute Gasteiger partial charge is 0.347 e. The smallest absolute Gasteiger partial charge is 0.250 e. The van der Waals surface area contributed by atoms with E-state index in [2.05, 4.69) is 9.97 Å². The maximum Gasteiger partial charge on any atom is 0.250 e. The van der Waals surface area contributed by atoms with Crippen LogP contribution >= 0.6 is 0 Å². The van der Waals surface area contributed by atoms with Gasteiger partial charge in [-0.25, -0.2) is 9.97 Å². The van der Waals surface area contributed by atoms with Crippen molar-refractivity contribution in [3.8, 4) is 11.1 Å². The summed E-state index contributed by atoms with van der Waals surface area (Å²) in [5.41, 5.74) is 3.75. The lowest BCUT2D eigenvalue weighted by atomic mass is 9.97. The van der Waals surface area contributed by atoms with Gasteiger partial charge >= 0.3 is 0 Å². The lowest BCUT2D eigenvalue weighted by Crippen LogP contribution is -2.33. The van der Waals surface area contributed by atoms with E-state index in [4.69, 9.17) is 4.98 Å². The second-order valence-corrected chi connectivity index (χ2v) is 8.28. The minimum Gasteiger partial charge on any atom is -0.347 e. The van der Waals surface area contributed by atoms with Crippen LogP contribution < -0.4 is 10.5 Å². The number of likely N-dealkylation sites (tertiary alicyclic amines) is 1. The summed E-state index contributed by atoms with van der Waals surface area (Å²) < 4.78 is 1.57. The highest BCUT2D eigenvalue weighted by atomic mass is 16.2. The average molecular weight is 433 g/mol. The molecular weight excluding hydrogens is 404 g/mol. The van der Waals surface area contributed by atoms with Crippen LogP contribution in [0.5, 0.6) is 0 Å². The fraction of sp³-hybridized carbons (Fsp3) is 0.375. The van der Waals surface area contributed by atoms with Crippen LogP contribution in [-0.2, 0) is 11.3 Å². The van der Waals surface area contributed by atoms with E-state index < -0.39 is 0 Å². The number of carbonyl (C=O) groups excluding carboxylic acids is 1. The van der Waals surface area contributed by atoms with Gasteiger partial charge < -0.3 is 14.4 Å². The minimum atomic E-state index is -0.126. The Bertz CT molecular complexity index is 1170. The van der Waals surface area contributed by atoms with Crippen LogP contribution in [-0.4, -0.2) is 51.0 Å². The summed E-state index contributed by atoms with van der Waals surface area (Å²) in [7, 11) is 3.82. The monoisotopic (exact) mass is 432 g/mol. The van der Waals surface area contributed by atoms with E-state index >= 15 is 0 Å². The number of pyridine rings is 2. The molecule has 0 radical (unpaired) electrons. The van der Waals surface area contributed by atoms with Gasteiger partial charge in [0, 0.05) is 70.0 Å². The summed E-state index contributed by atoms with van der Waals surface area (Å²) in [6.07, 6.45) is 9.19. The quantitative estimate of drug-likeness (QED) is 0.596. The van der Waals surface area contributed by atoms with Gasteiger partial charge in [0.15, 0.2) is 0 Å². The fourth-order valence-electron chi connectivity index (χ4n) is 4.19. The second-order valence-electron chi connectivity index (χ2n) is 8.28. The standard InChI is InChI=1S/C24H28N6O2/c1-17-15-25-11-9-18(17)19-16-26-24(28(2)3)27-23(19)20-7-6-13-30(20)22(32)10-14-29-12-5-4-8-21(29)31/h4-5,8-9,11-12,15-16,20H,6-7,10,13-14H2,1-3H3/t20-/m0/s1. The minimum absolute atomic E-state index is 0.0330. The highest BCUT2D eigenvalue weighted by Crippen LogP contribution is 2.38. The van der Waals surface area contributed by atoms with E-state index in [0.29, 0.717) is 19.0 Å². The molecule has 0 unspecified atom stereocenters. The number of hydrogen-bond donors (Lipinski definition) is 0. The van der Waals surface area contributed by atoms with E-state index in [9.17, 15) is 9.59 Å². The van der Waals surface area contributed by atoms with Crippen molar-refractivity contribution in [1.82, 2.24) is 24.4 Å². The molecule has 1 saturated heterocycles. The SMILES string of the molecule is Cc1cnccc1-c1cnc(N(C)C)nc1[C@@H]1CCCN1C(=O)CCn1ccccc1=O. The molecule has 0 aliphatic carbocycles. The molecule has 0 saturated carbocycles. The predicted molar refractivity (Wildman–Crippen MR) is 123 cm³/mol. The zero-order valence-electron chi connectivity index (χ0n) is 18.7. The Kier molecular flexibility index (Phi) is 6.30. The number of nitrogens with zero attached hydrogens (tertiary/aromatic N) is 6. The Labute approximate surface area is 187 Å². The Morgan fingerprint density at radius 3 is 2.78 bits per heavy atom. The zero-order chi connectivity index (χ0) is 22.7. The third kappa shape index (κ3) is 4.39. The molecule has 3 aromatic heterocycles. The van der Waals surface area contributed by atoms with Gasteiger partial charge in [-0.1, -0.05) is 6.07 Å². The molecule has 0 N–H and O–H groups in total. The van der Waals surface area contributed by atoms with Crippen LogP contribution in [0.2, 0.25) is 0 Å². The molecule has 166 valence electrons. The zero-order valence-corrected chi connectivity index (χ0v) is 18.7. The molecule has 3 aromatic rings. The number of rotatable bonds is 6. The molecule has 32 heavy (non-hydrogen) atoms. The molecule has 1 amide bonds. The maximum atomic E-state index is 13.2. The molecule has 8 heteroatoms. The summed E-state index contributed by atoms with van der Waals surface area (Å²) >= 11 is 0. The van der Waals surface area contributed by atoms with Crippen molar-refractivity contribution < 1.29 is 4.79 Å². The van der Waals surface area contributed by atoms with Crippen LogP contribution in [0.15, 0.2) is 53.8 Å². The Morgan fingerprint density at radius 1 is 1.19 bits per heavy atom. The van der Waals surface area contributed by atoms with E-state index in [0.717, 1.165) is 35.2 Å². The summed E-state index contributed by atoms with van der Waals surface area (Å²) in [5.74, 6) is 0.649. The van der Waals surface area contributed by atoms with Crippen molar-refractivity contribution in [3.05, 3.63) is 70.7 Å². The molecule has 0 bridgehead atoms. The van der Waals surface area contributed by atoms with Gasteiger partial charge in [0.1, 0.15) is 0 Å². The first-order valence-electron chi connectivity index (χ1n) is 10.9. The molecule has 4 heterocycles. The molecule has 0 aromatic carbocycles. The summed E-state index contributed by atoms with van der Waals surface area (Å²) in [5, 5.41) is 0. The third-order valence-electron chi connectivity index (χ3n) is 5.87. The predicted octanol–water partition coefficient (Wildman–Crippen LogP) is 2.83. The van der Waals surface area contributed by atoms with E-state index in [-0.39, 0.29) is 23.9 Å². The van der Waals surface area contributed by atoms with Crippen molar-refractivity contribution >= 4 is 11.9 Å². The molecule has 8 nitrogen and oxygen atoms in total. The lowest BCUT2D eigenvalue weighted by molar-refractivity contribution is -0.132. The Hall–Kier alpha value is -3.55. The van der Waals surface area contributed by atoms with Gasteiger partial charge in [-0.2, -0.15) is 0 Å². The van der Waals surface area contributed by atoms with Gasteiger partial charge in [0.25, 0.3) is 5.56 Å². The van der Waals surface area contributed by atoms with Gasteiger partial charge in [-0.3, -0.25) is 14.6 Å². The van der Waals surface area contributed by atoms with Crippen molar-refractivity contribution in [3.63, 3.8) is 0 Å². The number of hydrogen-bond acceptors (Lipinski definition) is 6. The van der Waals surface area contributed by atoms with Crippen LogP contribution in [0.25, 0.3) is 11.1 Å². The number of aromatic nitrogens is 4. The number of carbonyl (C=O) groups is 1. The van der Waals surface area contributed by atoms with Crippen molar-refractivity contribution in [1.29, 1.82) is 0 Å². The molecule has 1 atom stereocenters. The van der Waals surface area contributed by atoms with Gasteiger partial charge in [-0.05, 0) is 43.0 Å². The summed E-state index contributed by atoms with van der Waals surface area (Å²) in [6, 6.07) is 6.86. The highest BCUT2D eigenvalue weighted by Gasteiger charge is 2.33. The van der Waals surface area contributed by atoms with Crippen molar-refractivity contribution in [2.24, 2.45) is 0 Å². The van der Waals surface area contributed by atoms with Crippen LogP contribution in [0, 0.1) is 6.92 Å². The third-order valence-corrected chi connectivity index (χ3v) is 5.87. The van der Waals surface area contributed by atoms with E-state index in [1.54, 1.807) is 29.1 Å². The first-order valence-corrected chi connectivity index (χ1v) is 10.9. The van der Waals surface area contributed by atoms with Gasteiger partial charge in [0.2, 0.25) is 11.9 Å². The Balaban J connectivity index is 1.66. The number of anilines is 1. The molecule has 0 spiro atoms. The van der Waals surface area contributed by atoms with E-state index in [1.165, 1.54) is 6.07 Å². The van der Waals surface area contributed by atoms with Crippen molar-refractivity contribution in [2.75, 3.05) is 25.5 Å². The maximum absolute atomic E-state index is 13.2. The molecular formula is C24H28N6O2. The second kappa shape index (κ2) is 9.30. The van der Waals surface area contributed by atoms with Crippen LogP contribution in [0.3, 0.4) is 0 Å². The van der Waals surface area contributed by atoms with Gasteiger partial charge in [-0.15, -0.1) is 0 Å². The first-order chi connectivity index (χ1) is 15.5. The Morgan fingerprint density at radius 2 is 2.03 bits per heavy atom. The topological polar surface area (TPSA) is 84.2 Å². The molecule has 1 fully saturated rings. The summed E-state index contributed by atoms with van der Waals surface area (Å²) in [4.78, 5) is 42.6. The first kappa shape index (κ1) is 21.7. The van der Waals surface area contributed by atoms with E-state index in [1.807, 2.05) is 49.3 Å². The van der Waals surface area contributed by atoms with Crippen LogP contribution in [0.4, 0.5) is 5.95 Å². The lowest BCUT2D eigenvalue weighted by Gasteiger charge is -2.27. The number of amides is 1. The molecule has 1 aliphatic heterocycles. The highest BCUT2D eigenvalue weighted by molar-refractivity contribution is 5.78. The molecule has 1 aliphatic rings. The number of aryl methyl sites for hydroxylation is 2.